The standard InChI is InChI=1S/C22H21BrN2O2S/c1-15-12-19(24-10-2-3-11-24)9-6-17(15)13-20-21(26)25(22(27)28-20)14-16-4-7-18(23)8-5-16/h4-9,12-13H,2-3,10-11,14H2,1H3/b20-13+. The van der Waals surface area contributed by atoms with Crippen LogP contribution in [0.1, 0.15) is 29.5 Å². The summed E-state index contributed by atoms with van der Waals surface area (Å²) in [6, 6.07) is 14.0. The predicted molar refractivity (Wildman–Crippen MR) is 118 cm³/mol. The number of amides is 2. The summed E-state index contributed by atoms with van der Waals surface area (Å²) in [5.41, 5.74) is 4.26. The smallest absolute Gasteiger partial charge is 0.293 e. The highest BCUT2D eigenvalue weighted by atomic mass is 79.9. The van der Waals surface area contributed by atoms with Crippen molar-refractivity contribution in [2.75, 3.05) is 18.0 Å². The monoisotopic (exact) mass is 456 g/mol. The number of carbonyl (C=O) groups is 2. The average Bonchev–Trinajstić information content (AvgIpc) is 3.30. The third-order valence-electron chi connectivity index (χ3n) is 5.14. The fourth-order valence-corrected chi connectivity index (χ4v) is 4.64. The minimum atomic E-state index is -0.221. The van der Waals surface area contributed by atoms with Gasteiger partial charge in [0.05, 0.1) is 11.4 Å². The minimum absolute atomic E-state index is 0.217. The number of hydrogen-bond acceptors (Lipinski definition) is 4. The molecule has 0 spiro atoms. The molecule has 0 aromatic heterocycles. The summed E-state index contributed by atoms with van der Waals surface area (Å²) in [7, 11) is 0. The molecular weight excluding hydrogens is 436 g/mol. The van der Waals surface area contributed by atoms with Gasteiger partial charge < -0.3 is 4.90 Å². The Bertz CT molecular complexity index is 950. The first-order valence-electron chi connectivity index (χ1n) is 9.37. The van der Waals surface area contributed by atoms with Gasteiger partial charge in [0.15, 0.2) is 0 Å². The van der Waals surface area contributed by atoms with Crippen molar-refractivity contribution in [1.82, 2.24) is 4.90 Å². The van der Waals surface area contributed by atoms with Crippen LogP contribution >= 0.6 is 27.7 Å². The first kappa shape index (κ1) is 19.3. The van der Waals surface area contributed by atoms with Crippen molar-refractivity contribution in [3.63, 3.8) is 0 Å². The number of carbonyl (C=O) groups excluding carboxylic acids is 2. The normalized spacial score (nSPS) is 18.6. The molecule has 0 N–H and O–H groups in total. The molecule has 2 aromatic carbocycles. The fraction of sp³-hybridized carbons (Fsp3) is 0.273. The summed E-state index contributed by atoms with van der Waals surface area (Å²) in [6.07, 6.45) is 4.33. The number of halogens is 1. The maximum absolute atomic E-state index is 12.8. The zero-order chi connectivity index (χ0) is 19.7. The number of nitrogens with zero attached hydrogens (tertiary/aromatic N) is 2. The minimum Gasteiger partial charge on any atom is -0.372 e. The number of rotatable bonds is 4. The zero-order valence-corrected chi connectivity index (χ0v) is 18.1. The van der Waals surface area contributed by atoms with Crippen LogP contribution in [0.3, 0.4) is 0 Å². The van der Waals surface area contributed by atoms with Gasteiger partial charge in [-0.15, -0.1) is 0 Å². The summed E-state index contributed by atoms with van der Waals surface area (Å²) < 4.78 is 0.970. The van der Waals surface area contributed by atoms with Gasteiger partial charge in [0, 0.05) is 23.2 Å². The molecule has 2 saturated heterocycles. The predicted octanol–water partition coefficient (Wildman–Crippen LogP) is 5.59. The van der Waals surface area contributed by atoms with Crippen LogP contribution in [0, 0.1) is 6.92 Å². The topological polar surface area (TPSA) is 40.6 Å². The molecule has 2 aliphatic rings. The summed E-state index contributed by atoms with van der Waals surface area (Å²) in [5, 5.41) is -0.217. The van der Waals surface area contributed by atoms with Gasteiger partial charge in [-0.25, -0.2) is 0 Å². The zero-order valence-electron chi connectivity index (χ0n) is 15.7. The van der Waals surface area contributed by atoms with Crippen LogP contribution in [0.15, 0.2) is 51.8 Å². The molecule has 0 saturated carbocycles. The first-order valence-corrected chi connectivity index (χ1v) is 11.0. The van der Waals surface area contributed by atoms with Gasteiger partial charge in [-0.1, -0.05) is 34.1 Å². The lowest BCUT2D eigenvalue weighted by atomic mass is 10.1. The average molecular weight is 457 g/mol. The van der Waals surface area contributed by atoms with E-state index >= 15 is 0 Å². The lowest BCUT2D eigenvalue weighted by Crippen LogP contribution is -2.27. The molecule has 6 heteroatoms. The van der Waals surface area contributed by atoms with Crippen LogP contribution in [-0.2, 0) is 11.3 Å². The number of imide groups is 1. The summed E-state index contributed by atoms with van der Waals surface area (Å²) in [5.74, 6) is -0.221. The molecular formula is C22H21BrN2O2S. The van der Waals surface area contributed by atoms with E-state index in [1.807, 2.05) is 36.4 Å². The van der Waals surface area contributed by atoms with Crippen molar-refractivity contribution in [3.8, 4) is 0 Å². The van der Waals surface area contributed by atoms with Crippen molar-refractivity contribution in [3.05, 3.63) is 68.5 Å². The molecule has 0 aliphatic carbocycles. The Kier molecular flexibility index (Phi) is 5.60. The number of aryl methyl sites for hydroxylation is 1. The molecule has 2 aromatic rings. The van der Waals surface area contributed by atoms with E-state index in [4.69, 9.17) is 0 Å². The molecule has 4 nitrogen and oxygen atoms in total. The second kappa shape index (κ2) is 8.13. The highest BCUT2D eigenvalue weighted by Gasteiger charge is 2.35. The van der Waals surface area contributed by atoms with Crippen molar-refractivity contribution >= 4 is 50.6 Å². The number of anilines is 1. The molecule has 0 radical (unpaired) electrons. The van der Waals surface area contributed by atoms with Gasteiger partial charge in [-0.3, -0.25) is 14.5 Å². The Morgan fingerprint density at radius 3 is 2.46 bits per heavy atom. The van der Waals surface area contributed by atoms with Gasteiger partial charge >= 0.3 is 0 Å². The van der Waals surface area contributed by atoms with Gasteiger partial charge in [-0.05, 0) is 78.6 Å². The van der Waals surface area contributed by atoms with E-state index in [0.717, 1.165) is 46.0 Å². The first-order chi connectivity index (χ1) is 13.5. The molecule has 2 aliphatic heterocycles. The molecule has 4 rings (SSSR count). The molecule has 2 amide bonds. The van der Waals surface area contributed by atoms with E-state index in [1.165, 1.54) is 23.4 Å². The molecule has 0 unspecified atom stereocenters. The fourth-order valence-electron chi connectivity index (χ4n) is 3.54. The summed E-state index contributed by atoms with van der Waals surface area (Å²) >= 11 is 4.41. The van der Waals surface area contributed by atoms with Gasteiger partial charge in [0.2, 0.25) is 0 Å². The Hall–Kier alpha value is -2.05. The van der Waals surface area contributed by atoms with Gasteiger partial charge in [0.25, 0.3) is 11.1 Å². The van der Waals surface area contributed by atoms with Gasteiger partial charge in [-0.2, -0.15) is 0 Å². The van der Waals surface area contributed by atoms with E-state index in [2.05, 4.69) is 39.9 Å². The molecule has 2 heterocycles. The van der Waals surface area contributed by atoms with Crippen molar-refractivity contribution in [2.45, 2.75) is 26.3 Å². The lowest BCUT2D eigenvalue weighted by Gasteiger charge is -2.18. The third-order valence-corrected chi connectivity index (χ3v) is 6.57. The molecule has 0 atom stereocenters. The van der Waals surface area contributed by atoms with E-state index in [1.54, 1.807) is 0 Å². The highest BCUT2D eigenvalue weighted by Crippen LogP contribution is 2.34. The SMILES string of the molecule is Cc1cc(N2CCCC2)ccc1/C=C1/SC(=O)N(Cc2ccc(Br)cc2)C1=O. The van der Waals surface area contributed by atoms with Crippen LogP contribution in [0.4, 0.5) is 10.5 Å². The van der Waals surface area contributed by atoms with Crippen LogP contribution in [0.25, 0.3) is 6.08 Å². The summed E-state index contributed by atoms with van der Waals surface area (Å²) in [6.45, 7) is 4.56. The third kappa shape index (κ3) is 4.03. The van der Waals surface area contributed by atoms with E-state index in [0.29, 0.717) is 11.4 Å². The van der Waals surface area contributed by atoms with E-state index < -0.39 is 0 Å². The maximum atomic E-state index is 12.8. The Morgan fingerprint density at radius 2 is 1.79 bits per heavy atom. The lowest BCUT2D eigenvalue weighted by molar-refractivity contribution is -0.123. The van der Waals surface area contributed by atoms with Crippen molar-refractivity contribution < 1.29 is 9.59 Å². The highest BCUT2D eigenvalue weighted by molar-refractivity contribution is 9.10. The van der Waals surface area contributed by atoms with Crippen LogP contribution in [0.2, 0.25) is 0 Å². The molecule has 28 heavy (non-hydrogen) atoms. The summed E-state index contributed by atoms with van der Waals surface area (Å²) in [4.78, 5) is 29.3. The molecule has 0 bridgehead atoms. The van der Waals surface area contributed by atoms with Crippen LogP contribution in [-0.4, -0.2) is 29.1 Å². The van der Waals surface area contributed by atoms with Crippen LogP contribution < -0.4 is 4.90 Å². The number of benzene rings is 2. The van der Waals surface area contributed by atoms with Crippen LogP contribution in [0.5, 0.6) is 0 Å². The number of hydrogen-bond donors (Lipinski definition) is 0. The van der Waals surface area contributed by atoms with Gasteiger partial charge in [0.1, 0.15) is 0 Å². The van der Waals surface area contributed by atoms with Crippen molar-refractivity contribution in [2.24, 2.45) is 0 Å². The largest absolute Gasteiger partial charge is 0.372 e. The Balaban J connectivity index is 1.52. The van der Waals surface area contributed by atoms with E-state index in [-0.39, 0.29) is 11.1 Å². The Morgan fingerprint density at radius 1 is 1.07 bits per heavy atom. The number of thioether (sulfide) groups is 1. The maximum Gasteiger partial charge on any atom is 0.293 e. The quantitative estimate of drug-likeness (QED) is 0.561. The molecule has 2 fully saturated rings. The van der Waals surface area contributed by atoms with E-state index in [9.17, 15) is 9.59 Å². The Labute approximate surface area is 177 Å². The van der Waals surface area contributed by atoms with Crippen molar-refractivity contribution in [1.29, 1.82) is 0 Å². The second-order valence-corrected chi connectivity index (χ2v) is 9.04. The molecule has 144 valence electrons. The second-order valence-electron chi connectivity index (χ2n) is 7.13.